The summed E-state index contributed by atoms with van der Waals surface area (Å²) >= 11 is 0. The minimum atomic E-state index is -0.758. The highest BCUT2D eigenvalue weighted by Crippen LogP contribution is 2.24. The molecule has 2 rings (SSSR count). The summed E-state index contributed by atoms with van der Waals surface area (Å²) in [7, 11) is -0.758. The predicted molar refractivity (Wildman–Crippen MR) is 50.6 cm³/mol. The predicted octanol–water partition coefficient (Wildman–Crippen LogP) is 1.87. The molecule has 0 N–H and O–H groups in total. The van der Waals surface area contributed by atoms with Gasteiger partial charge in [0.25, 0.3) is 0 Å². The first kappa shape index (κ1) is 8.94. The van der Waals surface area contributed by atoms with E-state index in [-0.39, 0.29) is 0 Å². The highest BCUT2D eigenvalue weighted by molar-refractivity contribution is 7.84. The van der Waals surface area contributed by atoms with Gasteiger partial charge in [-0.3, -0.25) is 4.21 Å². The Morgan fingerprint density at radius 1 is 1.54 bits per heavy atom. The highest BCUT2D eigenvalue weighted by atomic mass is 32.2. The molecule has 1 heterocycles. The van der Waals surface area contributed by atoms with Crippen molar-refractivity contribution >= 4 is 10.8 Å². The van der Waals surface area contributed by atoms with E-state index in [2.05, 4.69) is 5.16 Å². The molecule has 0 aromatic carbocycles. The fraction of sp³-hybridized carbons (Fsp3) is 0.667. The van der Waals surface area contributed by atoms with Crippen molar-refractivity contribution in [1.82, 2.24) is 5.16 Å². The molecule has 1 unspecified atom stereocenters. The van der Waals surface area contributed by atoms with Crippen molar-refractivity contribution < 1.29 is 8.73 Å². The summed E-state index contributed by atoms with van der Waals surface area (Å²) < 4.78 is 16.7. The molecule has 1 aromatic rings. The second kappa shape index (κ2) is 4.05. The van der Waals surface area contributed by atoms with Crippen LogP contribution in [-0.2, 0) is 16.6 Å². The number of nitrogens with zero attached hydrogens (tertiary/aromatic N) is 1. The lowest BCUT2D eigenvalue weighted by atomic mass is 10.4. The monoisotopic (exact) mass is 199 g/mol. The SMILES string of the molecule is O=S(Cc1ccno1)C1CCCC1. The van der Waals surface area contributed by atoms with Gasteiger partial charge in [-0.1, -0.05) is 18.0 Å². The maximum Gasteiger partial charge on any atom is 0.149 e. The van der Waals surface area contributed by atoms with Gasteiger partial charge in [-0.2, -0.15) is 0 Å². The van der Waals surface area contributed by atoms with Crippen LogP contribution in [-0.4, -0.2) is 14.6 Å². The Labute approximate surface area is 80.0 Å². The average molecular weight is 199 g/mol. The van der Waals surface area contributed by atoms with Crippen LogP contribution < -0.4 is 0 Å². The minimum Gasteiger partial charge on any atom is -0.360 e. The quantitative estimate of drug-likeness (QED) is 0.746. The van der Waals surface area contributed by atoms with Gasteiger partial charge in [-0.05, 0) is 12.8 Å². The molecular formula is C9H13NO2S. The standard InChI is InChI=1S/C9H13NO2S/c11-13(9-3-1-2-4-9)7-8-5-6-10-12-8/h5-6,9H,1-4,7H2. The van der Waals surface area contributed by atoms with Crippen molar-refractivity contribution in [3.8, 4) is 0 Å². The van der Waals surface area contributed by atoms with E-state index in [9.17, 15) is 4.21 Å². The fourth-order valence-electron chi connectivity index (χ4n) is 1.73. The van der Waals surface area contributed by atoms with Gasteiger partial charge in [-0.15, -0.1) is 0 Å². The van der Waals surface area contributed by atoms with E-state index in [1.165, 1.54) is 12.8 Å². The molecule has 72 valence electrons. The van der Waals surface area contributed by atoms with Gasteiger partial charge < -0.3 is 4.52 Å². The molecule has 1 aliphatic carbocycles. The molecule has 0 spiro atoms. The normalized spacial score (nSPS) is 20.6. The van der Waals surface area contributed by atoms with E-state index in [1.807, 2.05) is 0 Å². The zero-order valence-corrected chi connectivity index (χ0v) is 8.26. The minimum absolute atomic E-state index is 0.394. The van der Waals surface area contributed by atoms with Crippen molar-refractivity contribution in [1.29, 1.82) is 0 Å². The van der Waals surface area contributed by atoms with Crippen LogP contribution in [0.3, 0.4) is 0 Å². The lowest BCUT2D eigenvalue weighted by molar-refractivity contribution is 0.394. The molecule has 0 aliphatic heterocycles. The Balaban J connectivity index is 1.91. The Hall–Kier alpha value is -0.640. The van der Waals surface area contributed by atoms with Gasteiger partial charge in [-0.25, -0.2) is 0 Å². The number of aromatic nitrogens is 1. The summed E-state index contributed by atoms with van der Waals surface area (Å²) in [4.78, 5) is 0. The van der Waals surface area contributed by atoms with E-state index >= 15 is 0 Å². The summed E-state index contributed by atoms with van der Waals surface area (Å²) in [6, 6.07) is 1.78. The first-order chi connectivity index (χ1) is 6.36. The molecule has 4 heteroatoms. The van der Waals surface area contributed by atoms with Gasteiger partial charge in [0.2, 0.25) is 0 Å². The fourth-order valence-corrected chi connectivity index (χ4v) is 3.25. The van der Waals surface area contributed by atoms with Crippen LogP contribution in [0.25, 0.3) is 0 Å². The summed E-state index contributed by atoms with van der Waals surface area (Å²) in [6.07, 6.45) is 6.28. The molecule has 1 atom stereocenters. The maximum absolute atomic E-state index is 11.7. The lowest BCUT2D eigenvalue weighted by Crippen LogP contribution is -2.11. The van der Waals surface area contributed by atoms with Crippen LogP contribution in [0.15, 0.2) is 16.8 Å². The van der Waals surface area contributed by atoms with Crippen LogP contribution in [0.1, 0.15) is 31.4 Å². The Bertz CT molecular complexity index is 278. The molecule has 0 bridgehead atoms. The Kier molecular flexibility index (Phi) is 2.78. The second-order valence-corrected chi connectivity index (χ2v) is 5.13. The summed E-state index contributed by atoms with van der Waals surface area (Å²) in [5.41, 5.74) is 0. The van der Waals surface area contributed by atoms with E-state index < -0.39 is 10.8 Å². The highest BCUT2D eigenvalue weighted by Gasteiger charge is 2.22. The van der Waals surface area contributed by atoms with E-state index in [4.69, 9.17) is 4.52 Å². The molecular weight excluding hydrogens is 186 g/mol. The van der Waals surface area contributed by atoms with Crippen LogP contribution in [0.2, 0.25) is 0 Å². The van der Waals surface area contributed by atoms with Crippen molar-refractivity contribution in [2.45, 2.75) is 36.7 Å². The van der Waals surface area contributed by atoms with E-state index in [1.54, 1.807) is 12.3 Å². The molecule has 0 saturated heterocycles. The Morgan fingerprint density at radius 3 is 2.92 bits per heavy atom. The van der Waals surface area contributed by atoms with Crippen LogP contribution in [0, 0.1) is 0 Å². The van der Waals surface area contributed by atoms with Crippen molar-refractivity contribution in [3.05, 3.63) is 18.0 Å². The van der Waals surface area contributed by atoms with Crippen molar-refractivity contribution in [2.75, 3.05) is 0 Å². The molecule has 1 aromatic heterocycles. The number of hydrogen-bond acceptors (Lipinski definition) is 3. The smallest absolute Gasteiger partial charge is 0.149 e. The maximum atomic E-state index is 11.7. The summed E-state index contributed by atoms with van der Waals surface area (Å²) in [5.74, 6) is 1.27. The van der Waals surface area contributed by atoms with Gasteiger partial charge in [0.1, 0.15) is 5.76 Å². The van der Waals surface area contributed by atoms with Crippen molar-refractivity contribution in [3.63, 3.8) is 0 Å². The molecule has 3 nitrogen and oxygen atoms in total. The first-order valence-electron chi connectivity index (χ1n) is 4.63. The zero-order valence-electron chi connectivity index (χ0n) is 7.44. The Morgan fingerprint density at radius 2 is 2.31 bits per heavy atom. The molecule has 0 radical (unpaired) electrons. The van der Waals surface area contributed by atoms with Crippen LogP contribution >= 0.6 is 0 Å². The zero-order chi connectivity index (χ0) is 9.10. The third-order valence-electron chi connectivity index (χ3n) is 2.45. The number of rotatable bonds is 3. The second-order valence-electron chi connectivity index (χ2n) is 3.41. The third kappa shape index (κ3) is 2.18. The van der Waals surface area contributed by atoms with E-state index in [0.29, 0.717) is 11.0 Å². The van der Waals surface area contributed by atoms with Gasteiger partial charge in [0.15, 0.2) is 0 Å². The van der Waals surface area contributed by atoms with Crippen molar-refractivity contribution in [2.24, 2.45) is 0 Å². The topological polar surface area (TPSA) is 43.1 Å². The third-order valence-corrected chi connectivity index (χ3v) is 4.23. The molecule has 0 amide bonds. The van der Waals surface area contributed by atoms with Crippen LogP contribution in [0.4, 0.5) is 0 Å². The van der Waals surface area contributed by atoms with Gasteiger partial charge in [0, 0.05) is 22.1 Å². The van der Waals surface area contributed by atoms with E-state index in [0.717, 1.165) is 18.6 Å². The first-order valence-corrected chi connectivity index (χ1v) is 6.01. The molecule has 1 aliphatic rings. The largest absolute Gasteiger partial charge is 0.360 e. The van der Waals surface area contributed by atoms with Crippen LogP contribution in [0.5, 0.6) is 0 Å². The summed E-state index contributed by atoms with van der Waals surface area (Å²) in [6.45, 7) is 0. The molecule has 1 saturated carbocycles. The summed E-state index contributed by atoms with van der Waals surface area (Å²) in [5, 5.41) is 3.99. The molecule has 1 fully saturated rings. The number of hydrogen-bond donors (Lipinski definition) is 0. The average Bonchev–Trinajstić information content (AvgIpc) is 2.74. The van der Waals surface area contributed by atoms with Gasteiger partial charge in [0.05, 0.1) is 11.9 Å². The lowest BCUT2D eigenvalue weighted by Gasteiger charge is -2.06. The molecule has 13 heavy (non-hydrogen) atoms. The van der Waals surface area contributed by atoms with Gasteiger partial charge >= 0.3 is 0 Å².